The number of unbranched alkanes of at least 4 members (excludes halogenated alkanes) is 15. The van der Waals surface area contributed by atoms with Crippen molar-refractivity contribution in [1.29, 1.82) is 21.0 Å². The molecule has 1 aromatic rings. The maximum Gasteiger partial charge on any atom is 0.153 e. The van der Waals surface area contributed by atoms with Gasteiger partial charge in [0.2, 0.25) is 0 Å². The number of hydrogen-bond acceptors (Lipinski definition) is 6. The fourth-order valence-corrected chi connectivity index (χ4v) is 4.82. The highest BCUT2D eigenvalue weighted by Gasteiger charge is 2.35. The molecule has 0 fully saturated rings. The minimum Gasteiger partial charge on any atom is -0.384 e. The molecule has 1 aliphatic heterocycles. The van der Waals surface area contributed by atoms with Gasteiger partial charge in [0.05, 0.1) is 16.8 Å². The van der Waals surface area contributed by atoms with Crippen LogP contribution in [0.15, 0.2) is 10.6 Å². The molecular weight excluding hydrogens is 446 g/mol. The Hall–Kier alpha value is -3.55. The molecule has 0 atom stereocenters. The van der Waals surface area contributed by atoms with Crippen molar-refractivity contribution in [2.24, 2.45) is 4.99 Å². The molecule has 0 aromatic carbocycles. The zero-order valence-electron chi connectivity index (χ0n) is 21.8. The van der Waals surface area contributed by atoms with E-state index in [2.05, 4.69) is 11.9 Å². The van der Waals surface area contributed by atoms with Gasteiger partial charge in [-0.05, 0) is 6.42 Å². The standard InChI is InChI=1S/C29H39N7/c1-2-3-4-5-6-7-8-9-10-11-12-13-14-15-16-17-18-35-29-26(22-33)24(20-31)27-23(19-30)25(21-32)28(34)36(27)29/h2-18,34H2,1H3. The van der Waals surface area contributed by atoms with Crippen molar-refractivity contribution >= 4 is 17.2 Å². The van der Waals surface area contributed by atoms with Crippen LogP contribution in [0.4, 0.5) is 5.82 Å². The number of aromatic nitrogens is 1. The Balaban J connectivity index is 1.68. The normalized spacial score (nSPS) is 13.3. The van der Waals surface area contributed by atoms with E-state index < -0.39 is 0 Å². The maximum atomic E-state index is 9.61. The Morgan fingerprint density at radius 3 is 1.47 bits per heavy atom. The molecule has 0 saturated heterocycles. The van der Waals surface area contributed by atoms with Crippen molar-refractivity contribution in [1.82, 2.24) is 4.57 Å². The van der Waals surface area contributed by atoms with Gasteiger partial charge in [-0.15, -0.1) is 0 Å². The van der Waals surface area contributed by atoms with Gasteiger partial charge in [0.25, 0.3) is 0 Å². The van der Waals surface area contributed by atoms with Crippen LogP contribution in [0, 0.1) is 45.3 Å². The predicted molar refractivity (Wildman–Crippen MR) is 144 cm³/mol. The quantitative estimate of drug-likeness (QED) is 0.234. The third kappa shape index (κ3) is 7.47. The van der Waals surface area contributed by atoms with E-state index >= 15 is 0 Å². The summed E-state index contributed by atoms with van der Waals surface area (Å²) >= 11 is 0. The molecule has 190 valence electrons. The molecule has 7 heteroatoms. The van der Waals surface area contributed by atoms with Crippen molar-refractivity contribution in [3.63, 3.8) is 0 Å². The summed E-state index contributed by atoms with van der Waals surface area (Å²) in [6.07, 6.45) is 20.7. The van der Waals surface area contributed by atoms with Crippen molar-refractivity contribution in [3.05, 3.63) is 22.4 Å². The van der Waals surface area contributed by atoms with Gasteiger partial charge in [0, 0.05) is 6.54 Å². The van der Waals surface area contributed by atoms with Crippen LogP contribution < -0.4 is 5.73 Å². The van der Waals surface area contributed by atoms with Crippen LogP contribution in [0.3, 0.4) is 0 Å². The highest BCUT2D eigenvalue weighted by molar-refractivity contribution is 6.19. The van der Waals surface area contributed by atoms with Gasteiger partial charge in [0.1, 0.15) is 41.2 Å². The van der Waals surface area contributed by atoms with Gasteiger partial charge < -0.3 is 5.73 Å². The Kier molecular flexibility index (Phi) is 12.9. The van der Waals surface area contributed by atoms with Crippen LogP contribution in [0.2, 0.25) is 0 Å². The number of fused-ring (bicyclic) bond motifs is 1. The van der Waals surface area contributed by atoms with Gasteiger partial charge in [-0.25, -0.2) is 0 Å². The average Bonchev–Trinajstić information content (AvgIpc) is 3.36. The smallest absolute Gasteiger partial charge is 0.153 e. The first-order chi connectivity index (χ1) is 17.7. The van der Waals surface area contributed by atoms with Gasteiger partial charge in [-0.3, -0.25) is 9.56 Å². The molecular formula is C29H39N7. The molecule has 1 aromatic heterocycles. The lowest BCUT2D eigenvalue weighted by atomic mass is 10.0. The minimum atomic E-state index is 0.0203. The van der Waals surface area contributed by atoms with Crippen molar-refractivity contribution in [2.75, 3.05) is 12.3 Å². The van der Waals surface area contributed by atoms with E-state index in [0.717, 1.165) is 19.3 Å². The van der Waals surface area contributed by atoms with Crippen LogP contribution in [-0.4, -0.2) is 16.9 Å². The lowest BCUT2D eigenvalue weighted by Gasteiger charge is -2.06. The number of anilines is 1. The van der Waals surface area contributed by atoms with E-state index in [1.165, 1.54) is 88.0 Å². The number of aliphatic imine (C=N–C) groups is 1. The molecule has 1 aliphatic rings. The second kappa shape index (κ2) is 16.2. The molecule has 0 aliphatic carbocycles. The SMILES string of the molecule is CCCCCCCCCCCCCCCCCCN=C1C(C#N)=C(C#N)c2c(C#N)c(C#N)c(N)n21. The highest BCUT2D eigenvalue weighted by Crippen LogP contribution is 2.37. The second-order valence-electron chi connectivity index (χ2n) is 9.53. The minimum absolute atomic E-state index is 0.0203. The van der Waals surface area contributed by atoms with Crippen molar-refractivity contribution in [2.45, 2.75) is 110 Å². The van der Waals surface area contributed by atoms with Crippen LogP contribution in [0.25, 0.3) is 5.57 Å². The van der Waals surface area contributed by atoms with Crippen LogP contribution in [0.5, 0.6) is 0 Å². The molecule has 0 bridgehead atoms. The molecule has 36 heavy (non-hydrogen) atoms. The Morgan fingerprint density at radius 1 is 0.611 bits per heavy atom. The zero-order valence-corrected chi connectivity index (χ0v) is 21.8. The Morgan fingerprint density at radius 2 is 1.06 bits per heavy atom. The first kappa shape index (κ1) is 28.7. The molecule has 0 unspecified atom stereocenters. The summed E-state index contributed by atoms with van der Waals surface area (Å²) in [6.45, 7) is 2.76. The van der Waals surface area contributed by atoms with Gasteiger partial charge in [0.15, 0.2) is 5.84 Å². The van der Waals surface area contributed by atoms with E-state index in [1.54, 1.807) is 0 Å². The monoisotopic (exact) mass is 485 g/mol. The maximum absolute atomic E-state index is 9.61. The third-order valence-corrected chi connectivity index (χ3v) is 6.85. The van der Waals surface area contributed by atoms with Crippen LogP contribution in [0.1, 0.15) is 126 Å². The first-order valence-corrected chi connectivity index (χ1v) is 13.6. The van der Waals surface area contributed by atoms with E-state index in [1.807, 2.05) is 24.3 Å². The fourth-order valence-electron chi connectivity index (χ4n) is 4.82. The van der Waals surface area contributed by atoms with Crippen LogP contribution in [-0.2, 0) is 0 Å². The van der Waals surface area contributed by atoms with Crippen molar-refractivity contribution < 1.29 is 0 Å². The Labute approximate surface area is 216 Å². The predicted octanol–water partition coefficient (Wildman–Crippen LogP) is 7.14. The molecule has 0 radical (unpaired) electrons. The van der Waals surface area contributed by atoms with Crippen LogP contribution >= 0.6 is 0 Å². The summed E-state index contributed by atoms with van der Waals surface area (Å²) in [7, 11) is 0. The summed E-state index contributed by atoms with van der Waals surface area (Å²) in [4.78, 5) is 4.55. The molecule has 2 heterocycles. The third-order valence-electron chi connectivity index (χ3n) is 6.85. The lowest BCUT2D eigenvalue weighted by Crippen LogP contribution is -2.14. The number of rotatable bonds is 17. The average molecular weight is 486 g/mol. The largest absolute Gasteiger partial charge is 0.384 e. The lowest BCUT2D eigenvalue weighted by molar-refractivity contribution is 0.530. The number of nitriles is 4. The van der Waals surface area contributed by atoms with E-state index in [-0.39, 0.29) is 39.6 Å². The van der Waals surface area contributed by atoms with Gasteiger partial charge in [-0.2, -0.15) is 21.0 Å². The van der Waals surface area contributed by atoms with Crippen molar-refractivity contribution in [3.8, 4) is 24.3 Å². The second-order valence-corrected chi connectivity index (χ2v) is 9.53. The summed E-state index contributed by atoms with van der Waals surface area (Å²) in [5.74, 6) is 0.313. The zero-order chi connectivity index (χ0) is 26.2. The summed E-state index contributed by atoms with van der Waals surface area (Å²) < 4.78 is 1.42. The number of nitrogens with zero attached hydrogens (tertiary/aromatic N) is 6. The molecule has 2 N–H and O–H groups in total. The highest BCUT2D eigenvalue weighted by atomic mass is 15.1. The number of nitrogen functional groups attached to an aromatic ring is 1. The van der Waals surface area contributed by atoms with E-state index in [9.17, 15) is 21.0 Å². The Bertz CT molecular complexity index is 1090. The molecule has 0 amide bonds. The number of hydrogen-bond donors (Lipinski definition) is 1. The summed E-state index contributed by atoms with van der Waals surface area (Å²) in [6, 6.07) is 7.90. The van der Waals surface area contributed by atoms with E-state index in [4.69, 9.17) is 5.73 Å². The van der Waals surface area contributed by atoms with Gasteiger partial charge in [-0.1, -0.05) is 103 Å². The molecule has 0 spiro atoms. The fraction of sp³-hybridized carbons (Fsp3) is 0.621. The molecule has 2 rings (SSSR count). The molecule has 0 saturated carbocycles. The number of nitrogens with two attached hydrogens (primary N) is 1. The summed E-state index contributed by atoms with van der Waals surface area (Å²) in [5.41, 5.74) is 6.50. The molecule has 7 nitrogen and oxygen atoms in total. The first-order valence-electron chi connectivity index (χ1n) is 13.6. The number of allylic oxidation sites excluding steroid dienone is 2. The van der Waals surface area contributed by atoms with E-state index in [0.29, 0.717) is 6.54 Å². The topological polar surface area (TPSA) is 138 Å². The van der Waals surface area contributed by atoms with Gasteiger partial charge >= 0.3 is 0 Å². The summed E-state index contributed by atoms with van der Waals surface area (Å²) in [5, 5.41) is 38.1.